The average molecular weight is 460 g/mol. The van der Waals surface area contributed by atoms with Gasteiger partial charge in [-0.3, -0.25) is 4.90 Å². The Balaban J connectivity index is 1.54. The normalized spacial score (nSPS) is 17.8. The van der Waals surface area contributed by atoms with Crippen molar-refractivity contribution in [1.82, 2.24) is 19.7 Å². The molecule has 9 heteroatoms. The standard InChI is InChI=1S/C24H28F3N5O/c1-17(30(2)20-8-10-31(11-9-20)21-5-3-4-18(25)12-21)24(33,14-32-16-28-15-29-32)22-7-6-19(26)13-23(22)27/h3-7,12-13,15-17,20,33H,8-11,14H2,1-2H3/t17-,24-/m1/s1. The second-order valence-electron chi connectivity index (χ2n) is 8.68. The molecular formula is C24H28F3N5O. The van der Waals surface area contributed by atoms with Gasteiger partial charge in [-0.05, 0) is 51.1 Å². The van der Waals surface area contributed by atoms with Gasteiger partial charge in [0.2, 0.25) is 0 Å². The lowest BCUT2D eigenvalue weighted by molar-refractivity contribution is -0.0697. The van der Waals surface area contributed by atoms with Crippen LogP contribution in [0.4, 0.5) is 18.9 Å². The van der Waals surface area contributed by atoms with Crippen LogP contribution in [0, 0.1) is 17.5 Å². The van der Waals surface area contributed by atoms with Crippen molar-refractivity contribution in [2.24, 2.45) is 0 Å². The van der Waals surface area contributed by atoms with Crippen LogP contribution in [0.15, 0.2) is 55.1 Å². The highest BCUT2D eigenvalue weighted by atomic mass is 19.1. The molecule has 0 aliphatic carbocycles. The van der Waals surface area contributed by atoms with E-state index < -0.39 is 23.3 Å². The van der Waals surface area contributed by atoms with Crippen LogP contribution >= 0.6 is 0 Å². The predicted octanol–water partition coefficient (Wildman–Crippen LogP) is 3.57. The molecule has 1 aliphatic heterocycles. The van der Waals surface area contributed by atoms with Gasteiger partial charge in [0.25, 0.3) is 0 Å². The Kier molecular flexibility index (Phi) is 6.71. The van der Waals surface area contributed by atoms with Crippen LogP contribution in [-0.2, 0) is 12.1 Å². The summed E-state index contributed by atoms with van der Waals surface area (Å²) >= 11 is 0. The van der Waals surface area contributed by atoms with Crippen LogP contribution in [0.25, 0.3) is 0 Å². The number of halogens is 3. The van der Waals surface area contributed by atoms with Crippen molar-refractivity contribution in [1.29, 1.82) is 0 Å². The molecule has 176 valence electrons. The summed E-state index contributed by atoms with van der Waals surface area (Å²) in [6.07, 6.45) is 4.39. The highest BCUT2D eigenvalue weighted by Crippen LogP contribution is 2.34. The molecule has 0 saturated carbocycles. The van der Waals surface area contributed by atoms with Gasteiger partial charge in [-0.1, -0.05) is 12.1 Å². The van der Waals surface area contributed by atoms with Crippen molar-refractivity contribution in [2.75, 3.05) is 25.0 Å². The van der Waals surface area contributed by atoms with Crippen molar-refractivity contribution in [3.63, 3.8) is 0 Å². The SMILES string of the molecule is C[C@@H](N(C)C1CCN(c2cccc(F)c2)CC1)[C@](O)(Cn1cncn1)c1ccc(F)cc1F. The van der Waals surface area contributed by atoms with Crippen LogP contribution in [0.5, 0.6) is 0 Å². The molecule has 2 heterocycles. The molecule has 2 atom stereocenters. The number of rotatable bonds is 7. The fourth-order valence-corrected chi connectivity index (χ4v) is 4.70. The summed E-state index contributed by atoms with van der Waals surface area (Å²) in [5.74, 6) is -1.77. The number of piperidine rings is 1. The molecule has 0 spiro atoms. The smallest absolute Gasteiger partial charge is 0.137 e. The van der Waals surface area contributed by atoms with Crippen LogP contribution in [0.2, 0.25) is 0 Å². The minimum absolute atomic E-state index is 0.0101. The average Bonchev–Trinajstić information content (AvgIpc) is 3.31. The Bertz CT molecular complexity index is 1070. The van der Waals surface area contributed by atoms with Crippen molar-refractivity contribution < 1.29 is 18.3 Å². The summed E-state index contributed by atoms with van der Waals surface area (Å²) in [7, 11) is 1.90. The van der Waals surface area contributed by atoms with Gasteiger partial charge in [-0.2, -0.15) is 5.10 Å². The number of anilines is 1. The van der Waals surface area contributed by atoms with Crippen LogP contribution in [0.3, 0.4) is 0 Å². The molecular weight excluding hydrogens is 431 g/mol. The minimum atomic E-state index is -1.68. The van der Waals surface area contributed by atoms with Crippen LogP contribution < -0.4 is 4.90 Å². The molecule has 0 bridgehead atoms. The molecule has 6 nitrogen and oxygen atoms in total. The van der Waals surface area contributed by atoms with Gasteiger partial charge in [0, 0.05) is 42.5 Å². The molecule has 1 fully saturated rings. The minimum Gasteiger partial charge on any atom is -0.381 e. The Labute approximate surface area is 191 Å². The topological polar surface area (TPSA) is 57.4 Å². The van der Waals surface area contributed by atoms with E-state index >= 15 is 0 Å². The second kappa shape index (κ2) is 9.52. The van der Waals surface area contributed by atoms with Gasteiger partial charge in [-0.15, -0.1) is 0 Å². The number of benzene rings is 2. The van der Waals surface area contributed by atoms with Gasteiger partial charge >= 0.3 is 0 Å². The first-order chi connectivity index (χ1) is 15.8. The maximum Gasteiger partial charge on any atom is 0.137 e. The van der Waals surface area contributed by atoms with Gasteiger partial charge < -0.3 is 10.0 Å². The molecule has 3 aromatic rings. The molecule has 1 N–H and O–H groups in total. The van der Waals surface area contributed by atoms with E-state index in [4.69, 9.17) is 0 Å². The van der Waals surface area contributed by atoms with Crippen molar-refractivity contribution in [3.05, 3.63) is 78.1 Å². The monoisotopic (exact) mass is 459 g/mol. The van der Waals surface area contributed by atoms with Gasteiger partial charge in [0.1, 0.15) is 35.7 Å². The third-order valence-electron chi connectivity index (χ3n) is 6.78. The van der Waals surface area contributed by atoms with Crippen LogP contribution in [0.1, 0.15) is 25.3 Å². The molecule has 0 unspecified atom stereocenters. The highest BCUT2D eigenvalue weighted by molar-refractivity contribution is 5.46. The summed E-state index contributed by atoms with van der Waals surface area (Å²) in [6, 6.07) is 9.37. The van der Waals surface area contributed by atoms with E-state index in [0.717, 1.165) is 43.8 Å². The summed E-state index contributed by atoms with van der Waals surface area (Å²) < 4.78 is 43.4. The summed E-state index contributed by atoms with van der Waals surface area (Å²) in [5.41, 5.74) is -0.823. The Morgan fingerprint density at radius 1 is 1.12 bits per heavy atom. The van der Waals surface area contributed by atoms with E-state index in [9.17, 15) is 18.3 Å². The number of hydrogen-bond acceptors (Lipinski definition) is 5. The number of likely N-dealkylation sites (N-methyl/N-ethyl adjacent to an activating group) is 1. The highest BCUT2D eigenvalue weighted by Gasteiger charge is 2.43. The van der Waals surface area contributed by atoms with E-state index in [1.807, 2.05) is 24.9 Å². The number of aromatic nitrogens is 3. The summed E-state index contributed by atoms with van der Waals surface area (Å²) in [4.78, 5) is 8.10. The molecule has 1 saturated heterocycles. The molecule has 0 amide bonds. The molecule has 2 aromatic carbocycles. The van der Waals surface area contributed by atoms with E-state index in [0.29, 0.717) is 0 Å². The quantitative estimate of drug-likeness (QED) is 0.586. The van der Waals surface area contributed by atoms with Crippen LogP contribution in [-0.4, -0.2) is 57.0 Å². The first-order valence-corrected chi connectivity index (χ1v) is 11.0. The predicted molar refractivity (Wildman–Crippen MR) is 119 cm³/mol. The lowest BCUT2D eigenvalue weighted by Gasteiger charge is -2.45. The van der Waals surface area contributed by atoms with Gasteiger partial charge in [0.05, 0.1) is 6.54 Å². The molecule has 33 heavy (non-hydrogen) atoms. The number of nitrogens with zero attached hydrogens (tertiary/aromatic N) is 5. The maximum absolute atomic E-state index is 14.8. The first kappa shape index (κ1) is 23.3. The van der Waals surface area contributed by atoms with Gasteiger partial charge in [-0.25, -0.2) is 22.8 Å². The fraction of sp³-hybridized carbons (Fsp3) is 0.417. The van der Waals surface area contributed by atoms with Gasteiger partial charge in [0.15, 0.2) is 0 Å². The van der Waals surface area contributed by atoms with Crippen molar-refractivity contribution in [3.8, 4) is 0 Å². The number of hydrogen-bond donors (Lipinski definition) is 1. The molecule has 1 aliphatic rings. The Hall–Kier alpha value is -2.91. The largest absolute Gasteiger partial charge is 0.381 e. The Morgan fingerprint density at radius 2 is 1.85 bits per heavy atom. The van der Waals surface area contributed by atoms with E-state index in [-0.39, 0.29) is 24.0 Å². The van der Waals surface area contributed by atoms with E-state index in [1.54, 1.807) is 6.07 Å². The maximum atomic E-state index is 14.8. The third kappa shape index (κ3) is 4.89. The zero-order valence-corrected chi connectivity index (χ0v) is 18.7. The van der Waals surface area contributed by atoms with E-state index in [2.05, 4.69) is 15.0 Å². The summed E-state index contributed by atoms with van der Waals surface area (Å²) in [6.45, 7) is 3.26. The molecule has 1 aromatic heterocycles. The summed E-state index contributed by atoms with van der Waals surface area (Å²) in [5, 5.41) is 15.9. The third-order valence-corrected chi connectivity index (χ3v) is 6.78. The fourth-order valence-electron chi connectivity index (χ4n) is 4.70. The second-order valence-corrected chi connectivity index (χ2v) is 8.68. The zero-order valence-electron chi connectivity index (χ0n) is 18.7. The van der Waals surface area contributed by atoms with Crippen molar-refractivity contribution >= 4 is 5.69 Å². The molecule has 4 rings (SSSR count). The lowest BCUT2D eigenvalue weighted by Crippen LogP contribution is -2.55. The van der Waals surface area contributed by atoms with E-state index in [1.165, 1.54) is 35.5 Å². The zero-order chi connectivity index (χ0) is 23.6. The Morgan fingerprint density at radius 3 is 2.48 bits per heavy atom. The molecule has 0 radical (unpaired) electrons. The van der Waals surface area contributed by atoms with Crippen molar-refractivity contribution in [2.45, 2.75) is 44.0 Å². The number of aliphatic hydroxyl groups is 1. The lowest BCUT2D eigenvalue weighted by atomic mass is 9.84. The first-order valence-electron chi connectivity index (χ1n) is 11.0.